The van der Waals surface area contributed by atoms with Gasteiger partial charge in [0, 0.05) is 6.54 Å². The number of rotatable bonds is 21. The highest BCUT2D eigenvalue weighted by atomic mass is 16.4. The van der Waals surface area contributed by atoms with Crippen molar-refractivity contribution in [1.82, 2.24) is 26.2 Å². The van der Waals surface area contributed by atoms with Gasteiger partial charge in [0.1, 0.15) is 30.2 Å². The summed E-state index contributed by atoms with van der Waals surface area (Å²) in [6, 6.07) is -6.88. The number of carbonyl (C=O) groups excluding carboxylic acids is 5. The van der Waals surface area contributed by atoms with E-state index in [2.05, 4.69) is 21.3 Å². The van der Waals surface area contributed by atoms with Crippen molar-refractivity contribution in [2.45, 2.75) is 129 Å². The molecule has 6 atom stereocenters. The Morgan fingerprint density at radius 3 is 1.90 bits per heavy atom. The van der Waals surface area contributed by atoms with Crippen molar-refractivity contribution in [3.63, 3.8) is 0 Å². The van der Waals surface area contributed by atoms with Gasteiger partial charge in [0.2, 0.25) is 29.5 Å². The summed E-state index contributed by atoms with van der Waals surface area (Å²) in [6.45, 7) is 11.3. The normalized spacial score (nSPS) is 17.7. The molecule has 0 aliphatic carbocycles. The van der Waals surface area contributed by atoms with Crippen LogP contribution < -0.4 is 32.7 Å². The molecular formula is C32H57N7O9. The average molecular weight is 684 g/mol. The van der Waals surface area contributed by atoms with E-state index in [9.17, 15) is 43.8 Å². The molecule has 0 saturated carbocycles. The number of carboxylic acids is 2. The first-order chi connectivity index (χ1) is 22.4. The zero-order valence-corrected chi connectivity index (χ0v) is 29.1. The van der Waals surface area contributed by atoms with Gasteiger partial charge in [0.25, 0.3) is 0 Å². The molecular weight excluding hydrogens is 626 g/mol. The maximum atomic E-state index is 13.7. The summed E-state index contributed by atoms with van der Waals surface area (Å²) >= 11 is 0. The molecule has 1 fully saturated rings. The van der Waals surface area contributed by atoms with Crippen molar-refractivity contribution in [1.29, 1.82) is 0 Å². The van der Waals surface area contributed by atoms with Gasteiger partial charge in [-0.05, 0) is 69.2 Å². The summed E-state index contributed by atoms with van der Waals surface area (Å²) in [5.74, 6) is -6.47. The number of carbonyl (C=O) groups is 7. The second-order valence-electron chi connectivity index (χ2n) is 13.7. The lowest BCUT2D eigenvalue weighted by Gasteiger charge is -2.31. The number of likely N-dealkylation sites (tertiary alicyclic amines) is 1. The third-order valence-corrected chi connectivity index (χ3v) is 8.04. The highest BCUT2D eigenvalue weighted by Gasteiger charge is 2.40. The maximum Gasteiger partial charge on any atom is 0.326 e. The zero-order valence-electron chi connectivity index (χ0n) is 29.1. The molecule has 1 rings (SSSR count). The summed E-state index contributed by atoms with van der Waals surface area (Å²) < 4.78 is 0. The van der Waals surface area contributed by atoms with Crippen LogP contribution in [0.3, 0.4) is 0 Å². The molecule has 0 aromatic heterocycles. The van der Waals surface area contributed by atoms with Gasteiger partial charge in [0.15, 0.2) is 0 Å². The van der Waals surface area contributed by atoms with Gasteiger partial charge in [-0.15, -0.1) is 0 Å². The van der Waals surface area contributed by atoms with Crippen LogP contribution in [-0.2, 0) is 33.6 Å². The molecule has 1 aliphatic rings. The van der Waals surface area contributed by atoms with E-state index < -0.39 is 90.1 Å². The van der Waals surface area contributed by atoms with Crippen molar-refractivity contribution in [2.75, 3.05) is 13.1 Å². The Hall–Kier alpha value is -3.79. The zero-order chi connectivity index (χ0) is 36.7. The van der Waals surface area contributed by atoms with Gasteiger partial charge in [-0.25, -0.2) is 4.79 Å². The Bertz CT molecular complexity index is 1130. The molecule has 48 heavy (non-hydrogen) atoms. The van der Waals surface area contributed by atoms with Crippen LogP contribution in [0, 0.1) is 17.8 Å². The molecule has 1 heterocycles. The van der Waals surface area contributed by atoms with Crippen LogP contribution >= 0.6 is 0 Å². The van der Waals surface area contributed by atoms with E-state index in [4.69, 9.17) is 11.5 Å². The van der Waals surface area contributed by atoms with Gasteiger partial charge in [-0.2, -0.15) is 0 Å². The van der Waals surface area contributed by atoms with Crippen molar-refractivity contribution < 1.29 is 43.8 Å². The number of nitrogens with one attached hydrogen (secondary N) is 4. The molecule has 5 amide bonds. The maximum absolute atomic E-state index is 13.7. The molecule has 274 valence electrons. The van der Waals surface area contributed by atoms with Crippen LogP contribution in [0.15, 0.2) is 0 Å². The molecule has 0 aromatic carbocycles. The van der Waals surface area contributed by atoms with E-state index in [1.807, 2.05) is 27.7 Å². The first-order valence-corrected chi connectivity index (χ1v) is 16.8. The van der Waals surface area contributed by atoms with Crippen LogP contribution in [0.1, 0.15) is 92.9 Å². The molecule has 1 aliphatic heterocycles. The van der Waals surface area contributed by atoms with Crippen LogP contribution in [-0.4, -0.2) is 106 Å². The quantitative estimate of drug-likeness (QED) is 0.0727. The summed E-state index contributed by atoms with van der Waals surface area (Å²) in [6.07, 6.45) is 1.67. The number of hydrogen-bond donors (Lipinski definition) is 8. The van der Waals surface area contributed by atoms with E-state index in [0.29, 0.717) is 32.2 Å². The molecule has 0 aromatic rings. The van der Waals surface area contributed by atoms with Crippen molar-refractivity contribution >= 4 is 41.5 Å². The number of unbranched alkanes of at least 4 members (excludes halogenated alkanes) is 1. The van der Waals surface area contributed by atoms with Crippen molar-refractivity contribution in [3.05, 3.63) is 0 Å². The fourth-order valence-corrected chi connectivity index (χ4v) is 5.54. The Labute approximate surface area is 282 Å². The number of aliphatic carboxylic acids is 2. The first kappa shape index (κ1) is 42.2. The van der Waals surface area contributed by atoms with Gasteiger partial charge >= 0.3 is 11.9 Å². The monoisotopic (exact) mass is 683 g/mol. The third kappa shape index (κ3) is 14.1. The average Bonchev–Trinajstić information content (AvgIpc) is 3.47. The van der Waals surface area contributed by atoms with Crippen LogP contribution in [0.25, 0.3) is 0 Å². The number of hydrogen-bond acceptors (Lipinski definition) is 9. The molecule has 0 spiro atoms. The third-order valence-electron chi connectivity index (χ3n) is 8.04. The molecule has 0 radical (unpaired) electrons. The van der Waals surface area contributed by atoms with E-state index >= 15 is 0 Å². The van der Waals surface area contributed by atoms with Gasteiger partial charge in [-0.3, -0.25) is 28.8 Å². The Kier molecular flexibility index (Phi) is 18.1. The van der Waals surface area contributed by atoms with E-state index in [1.165, 1.54) is 0 Å². The fraction of sp³-hybridized carbons (Fsp3) is 0.781. The lowest BCUT2D eigenvalue weighted by atomic mass is 9.98. The highest BCUT2D eigenvalue weighted by Crippen LogP contribution is 2.20. The van der Waals surface area contributed by atoms with E-state index in [-0.39, 0.29) is 37.6 Å². The summed E-state index contributed by atoms with van der Waals surface area (Å²) in [7, 11) is 0. The molecule has 1 saturated heterocycles. The van der Waals surface area contributed by atoms with E-state index in [1.54, 1.807) is 13.8 Å². The first-order valence-electron chi connectivity index (χ1n) is 16.8. The smallest absolute Gasteiger partial charge is 0.326 e. The molecule has 16 nitrogen and oxygen atoms in total. The van der Waals surface area contributed by atoms with Gasteiger partial charge in [0.05, 0.1) is 12.5 Å². The standard InChI is InChI=1S/C32H57N7O9/c1-17(2)14-20(34)27(42)36-22(15-18(3)4)28(43)38-26(19(5)6)30(45)37-23(16-25(40)41)31(46)39-13-9-11-24(39)29(44)35-21(32(47)48)10-7-8-12-33/h17-24,26H,7-16,33-34H2,1-6H3,(H,35,44)(H,36,42)(H,37,45)(H,38,43)(H,40,41)(H,47,48)/t20-,21-,22-,23-,24-,26-/m0/s1. The van der Waals surface area contributed by atoms with Gasteiger partial charge < -0.3 is 47.8 Å². The van der Waals surface area contributed by atoms with Crippen LogP contribution in [0.5, 0.6) is 0 Å². The predicted molar refractivity (Wildman–Crippen MR) is 177 cm³/mol. The number of nitrogens with zero attached hydrogens (tertiary/aromatic N) is 1. The van der Waals surface area contributed by atoms with Crippen LogP contribution in [0.2, 0.25) is 0 Å². The number of carboxylic acid groups (broad SMARTS) is 2. The van der Waals surface area contributed by atoms with Crippen LogP contribution in [0.4, 0.5) is 0 Å². The predicted octanol–water partition coefficient (Wildman–Crippen LogP) is -0.320. The minimum atomic E-state index is -1.58. The summed E-state index contributed by atoms with van der Waals surface area (Å²) in [4.78, 5) is 91.1. The Balaban J connectivity index is 3.14. The molecule has 0 unspecified atom stereocenters. The Morgan fingerprint density at radius 1 is 0.771 bits per heavy atom. The lowest BCUT2D eigenvalue weighted by molar-refractivity contribution is -0.147. The SMILES string of the molecule is CC(C)C[C@H](NC(=O)[C@@H](N)CC(C)C)C(=O)N[C@H](C(=O)N[C@@H](CC(=O)O)C(=O)N1CCC[C@H]1C(=O)N[C@@H](CCCCN)C(=O)O)C(C)C. The lowest BCUT2D eigenvalue weighted by Crippen LogP contribution is -2.60. The molecule has 16 heteroatoms. The Morgan fingerprint density at radius 2 is 1.38 bits per heavy atom. The molecule has 0 bridgehead atoms. The van der Waals surface area contributed by atoms with Gasteiger partial charge in [-0.1, -0.05) is 41.5 Å². The summed E-state index contributed by atoms with van der Waals surface area (Å²) in [5.41, 5.74) is 11.5. The second kappa shape index (κ2) is 20.5. The minimum Gasteiger partial charge on any atom is -0.481 e. The van der Waals surface area contributed by atoms with E-state index in [0.717, 1.165) is 4.90 Å². The molecule has 10 N–H and O–H groups in total. The topological polar surface area (TPSA) is 263 Å². The highest BCUT2D eigenvalue weighted by molar-refractivity contribution is 5.97. The fourth-order valence-electron chi connectivity index (χ4n) is 5.54. The number of amides is 5. The summed E-state index contributed by atoms with van der Waals surface area (Å²) in [5, 5.41) is 29.4. The number of nitrogens with two attached hydrogens (primary N) is 2. The van der Waals surface area contributed by atoms with Crippen molar-refractivity contribution in [2.24, 2.45) is 29.2 Å². The largest absolute Gasteiger partial charge is 0.481 e. The minimum absolute atomic E-state index is 0.00593. The second-order valence-corrected chi connectivity index (χ2v) is 13.7. The van der Waals surface area contributed by atoms with Crippen molar-refractivity contribution in [3.8, 4) is 0 Å².